The average Bonchev–Trinajstić information content (AvgIpc) is 3.99. The summed E-state index contributed by atoms with van der Waals surface area (Å²) in [5.74, 6) is -4.25. The summed E-state index contributed by atoms with van der Waals surface area (Å²) < 4.78 is 17.1. The van der Waals surface area contributed by atoms with Gasteiger partial charge in [-0.05, 0) is 86.6 Å². The van der Waals surface area contributed by atoms with Gasteiger partial charge in [-0.15, -0.1) is 0 Å². The van der Waals surface area contributed by atoms with Crippen LogP contribution in [0.2, 0.25) is 5.02 Å². The number of benzene rings is 2. The molecule has 1 aliphatic heterocycles. The Kier molecular flexibility index (Phi) is 7.12. The molecule has 3 amide bonds. The number of hydrogen-bond donors (Lipinski definition) is 1. The van der Waals surface area contributed by atoms with Gasteiger partial charge in [0.2, 0.25) is 5.91 Å². The van der Waals surface area contributed by atoms with Gasteiger partial charge < -0.3 is 10.2 Å². The van der Waals surface area contributed by atoms with Crippen LogP contribution in [0.25, 0.3) is 16.9 Å². The van der Waals surface area contributed by atoms with E-state index in [9.17, 15) is 24.0 Å². The molecule has 4 aromatic rings. The summed E-state index contributed by atoms with van der Waals surface area (Å²) in [5.41, 5.74) is 1.74. The molecule has 2 aromatic carbocycles. The molecule has 10 nitrogen and oxygen atoms in total. The van der Waals surface area contributed by atoms with Crippen molar-refractivity contribution in [3.8, 4) is 16.9 Å². The molecule has 0 unspecified atom stereocenters. The number of imide groups is 1. The molecule has 3 aliphatic rings. The fraction of sp³-hybridized carbons (Fsp3) is 0.257. The minimum atomic E-state index is -0.774. The van der Waals surface area contributed by atoms with E-state index in [0.717, 1.165) is 12.8 Å². The van der Waals surface area contributed by atoms with Crippen molar-refractivity contribution in [2.24, 2.45) is 11.3 Å². The second kappa shape index (κ2) is 11.0. The minimum absolute atomic E-state index is 0.0470. The summed E-state index contributed by atoms with van der Waals surface area (Å²) >= 11 is 6.63. The number of hydroxylamine groups is 2. The second-order valence-corrected chi connectivity index (χ2v) is 12.9. The predicted molar refractivity (Wildman–Crippen MR) is 170 cm³/mol. The second-order valence-electron chi connectivity index (χ2n) is 12.5. The van der Waals surface area contributed by atoms with Crippen molar-refractivity contribution in [3.05, 3.63) is 110 Å². The number of aromatic nitrogens is 2. The van der Waals surface area contributed by atoms with Crippen molar-refractivity contribution in [3.63, 3.8) is 0 Å². The van der Waals surface area contributed by atoms with Gasteiger partial charge in [-0.3, -0.25) is 28.7 Å². The van der Waals surface area contributed by atoms with Gasteiger partial charge in [0.25, 0.3) is 17.4 Å². The third-order valence-electron chi connectivity index (χ3n) is 9.18. The molecular formula is C35H28ClFN4O6. The van der Waals surface area contributed by atoms with Gasteiger partial charge in [0.05, 0.1) is 34.1 Å². The minimum Gasteiger partial charge on any atom is -0.329 e. The molecule has 0 radical (unpaired) electrons. The molecule has 12 heteroatoms. The van der Waals surface area contributed by atoms with E-state index in [-0.39, 0.29) is 39.0 Å². The van der Waals surface area contributed by atoms with Crippen LogP contribution in [-0.2, 0) is 14.4 Å². The van der Waals surface area contributed by atoms with Gasteiger partial charge in [0, 0.05) is 22.9 Å². The lowest BCUT2D eigenvalue weighted by Crippen LogP contribution is -2.33. The Morgan fingerprint density at radius 2 is 1.66 bits per heavy atom. The number of hydrogen-bond acceptors (Lipinski definition) is 7. The summed E-state index contributed by atoms with van der Waals surface area (Å²) in [4.78, 5) is 74.2. The van der Waals surface area contributed by atoms with Gasteiger partial charge >= 0.3 is 5.97 Å². The molecule has 2 fully saturated rings. The lowest BCUT2D eigenvalue weighted by Gasteiger charge is -2.17. The van der Waals surface area contributed by atoms with E-state index in [4.69, 9.17) is 16.4 Å². The first-order chi connectivity index (χ1) is 22.4. The third kappa shape index (κ3) is 5.11. The van der Waals surface area contributed by atoms with Gasteiger partial charge in [0.1, 0.15) is 5.02 Å². The van der Waals surface area contributed by atoms with Crippen LogP contribution in [0.15, 0.2) is 65.6 Å². The number of nitrogens with zero attached hydrogens (tertiary/aromatic N) is 3. The maximum absolute atomic E-state index is 15.7. The molecule has 0 bridgehead atoms. The standard InChI is InChI=1S/C35H28ClFN4O6/c1-17-16-38-26(21-9-6-10-25(29(21)37)39-34(46)35(3)11-12-35)15-27(17)40-18(2)13-23(28(36)32(40)44)22-14-24(22)33(45)47-41-30(42)19-7-4-5-8-20(19)31(41)43/h4-10,13,15-16,22,24H,11-12,14H2,1-3H3,(H,39,46)/t22-,24+/m1/s1. The van der Waals surface area contributed by atoms with Crippen molar-refractivity contribution in [2.75, 3.05) is 5.32 Å². The summed E-state index contributed by atoms with van der Waals surface area (Å²) in [7, 11) is 0. The molecule has 2 atom stereocenters. The number of aryl methyl sites for hydroxylation is 2. The van der Waals surface area contributed by atoms with Gasteiger partial charge in [0.15, 0.2) is 5.82 Å². The topological polar surface area (TPSA) is 128 Å². The Morgan fingerprint density at radius 3 is 2.32 bits per heavy atom. The molecule has 0 spiro atoms. The number of fused-ring (bicyclic) bond motifs is 1. The highest BCUT2D eigenvalue weighted by Crippen LogP contribution is 2.50. The number of pyridine rings is 2. The van der Waals surface area contributed by atoms with Crippen molar-refractivity contribution in [1.29, 1.82) is 0 Å². The lowest BCUT2D eigenvalue weighted by atomic mass is 10.1. The first-order valence-corrected chi connectivity index (χ1v) is 15.5. The van der Waals surface area contributed by atoms with Gasteiger partial charge in [-0.2, -0.15) is 0 Å². The van der Waals surface area contributed by atoms with E-state index >= 15 is 4.39 Å². The molecule has 238 valence electrons. The van der Waals surface area contributed by atoms with E-state index < -0.39 is 46.4 Å². The van der Waals surface area contributed by atoms with Crippen molar-refractivity contribution < 1.29 is 28.4 Å². The maximum Gasteiger partial charge on any atom is 0.336 e. The number of anilines is 1. The van der Waals surface area contributed by atoms with Crippen LogP contribution in [0, 0.1) is 31.0 Å². The molecule has 2 aliphatic carbocycles. The Bertz CT molecular complexity index is 2090. The highest BCUT2D eigenvalue weighted by atomic mass is 35.5. The molecule has 3 heterocycles. The van der Waals surface area contributed by atoms with Crippen molar-refractivity contribution in [2.45, 2.75) is 46.0 Å². The molecule has 1 N–H and O–H groups in total. The SMILES string of the molecule is Cc1cnc(-c2cccc(NC(=O)C3(C)CC3)c2F)cc1-n1c(C)cc([C@H]2C[C@@H]2C(=O)ON2C(=O)c3ccccc3C2=O)c(Cl)c1=O. The van der Waals surface area contributed by atoms with Gasteiger partial charge in [-0.1, -0.05) is 41.8 Å². The zero-order valence-electron chi connectivity index (χ0n) is 25.6. The zero-order valence-corrected chi connectivity index (χ0v) is 26.4. The number of nitrogens with one attached hydrogen (secondary N) is 1. The van der Waals surface area contributed by atoms with Gasteiger partial charge in [-0.25, -0.2) is 9.18 Å². The monoisotopic (exact) mass is 654 g/mol. The third-order valence-corrected chi connectivity index (χ3v) is 9.56. The summed E-state index contributed by atoms with van der Waals surface area (Å²) in [6.45, 7) is 5.31. The number of carbonyl (C=O) groups excluding carboxylic acids is 4. The van der Waals surface area contributed by atoms with E-state index in [2.05, 4.69) is 10.3 Å². The molecule has 2 saturated carbocycles. The van der Waals surface area contributed by atoms with Crippen molar-refractivity contribution in [1.82, 2.24) is 14.6 Å². The number of amides is 3. The fourth-order valence-electron chi connectivity index (χ4n) is 5.93. The number of carbonyl (C=O) groups is 4. The number of rotatable bonds is 7. The molecule has 47 heavy (non-hydrogen) atoms. The van der Waals surface area contributed by atoms with E-state index in [1.807, 2.05) is 6.92 Å². The van der Waals surface area contributed by atoms with Crippen LogP contribution >= 0.6 is 11.6 Å². The van der Waals surface area contributed by atoms with Crippen molar-refractivity contribution >= 4 is 41.0 Å². The average molecular weight is 655 g/mol. The van der Waals surface area contributed by atoms with Crippen LogP contribution in [-0.4, -0.2) is 38.3 Å². The van der Waals surface area contributed by atoms with Crippen LogP contribution in [0.3, 0.4) is 0 Å². The first-order valence-electron chi connectivity index (χ1n) is 15.1. The molecule has 2 aromatic heterocycles. The smallest absolute Gasteiger partial charge is 0.329 e. The van der Waals surface area contributed by atoms with E-state index in [1.165, 1.54) is 29.0 Å². The lowest BCUT2D eigenvalue weighted by molar-refractivity contribution is -0.170. The molecule has 7 rings (SSSR count). The Labute approximate surface area is 273 Å². The van der Waals surface area contributed by atoms with E-state index in [1.54, 1.807) is 50.2 Å². The zero-order chi connectivity index (χ0) is 33.4. The molecule has 0 saturated heterocycles. The van der Waals surface area contributed by atoms with Crippen LogP contribution in [0.5, 0.6) is 0 Å². The molecular weight excluding hydrogens is 627 g/mol. The highest BCUT2D eigenvalue weighted by molar-refractivity contribution is 6.31. The van der Waals surface area contributed by atoms with Crippen LogP contribution in [0.4, 0.5) is 10.1 Å². The Hall–Kier alpha value is -5.16. The maximum atomic E-state index is 15.7. The highest BCUT2D eigenvalue weighted by Gasteiger charge is 2.50. The predicted octanol–water partition coefficient (Wildman–Crippen LogP) is 5.91. The van der Waals surface area contributed by atoms with Crippen LogP contribution in [0.1, 0.15) is 69.6 Å². The van der Waals surface area contributed by atoms with E-state index in [0.29, 0.717) is 34.0 Å². The summed E-state index contributed by atoms with van der Waals surface area (Å²) in [6.07, 6.45) is 3.34. The normalized spacial score (nSPS) is 19.0. The van der Waals surface area contributed by atoms with Crippen LogP contribution < -0.4 is 10.9 Å². The Morgan fingerprint density at radius 1 is 1.00 bits per heavy atom. The fourth-order valence-corrected chi connectivity index (χ4v) is 6.21. The Balaban J connectivity index is 1.14. The quantitative estimate of drug-likeness (QED) is 0.246. The summed E-state index contributed by atoms with van der Waals surface area (Å²) in [5, 5.41) is 3.06. The first kappa shape index (κ1) is 30.5. The summed E-state index contributed by atoms with van der Waals surface area (Å²) in [6, 6.07) is 14.1. The largest absolute Gasteiger partial charge is 0.336 e. The number of halogens is 2.